The van der Waals surface area contributed by atoms with Crippen LogP contribution in [0.25, 0.3) is 0 Å². The highest BCUT2D eigenvalue weighted by Crippen LogP contribution is 2.28. The molecular weight excluding hydrogens is 359 g/mol. The van der Waals surface area contributed by atoms with Crippen molar-refractivity contribution in [2.24, 2.45) is 0 Å². The van der Waals surface area contributed by atoms with Gasteiger partial charge in [-0.3, -0.25) is 0 Å². The molecule has 0 saturated carbocycles. The first-order valence-electron chi connectivity index (χ1n) is 4.47. The van der Waals surface area contributed by atoms with E-state index in [0.717, 1.165) is 13.1 Å². The van der Waals surface area contributed by atoms with Crippen molar-refractivity contribution in [2.75, 3.05) is 0 Å². The summed E-state index contributed by atoms with van der Waals surface area (Å²) in [5, 5.41) is 0. The van der Waals surface area contributed by atoms with Crippen molar-refractivity contribution in [3.8, 4) is 5.75 Å². The lowest BCUT2D eigenvalue weighted by molar-refractivity contribution is 0.306. The van der Waals surface area contributed by atoms with E-state index in [9.17, 15) is 4.39 Å². The summed E-state index contributed by atoms with van der Waals surface area (Å²) in [6.45, 7) is 0.443. The van der Waals surface area contributed by atoms with Crippen molar-refractivity contribution < 1.29 is 9.13 Å². The first-order chi connectivity index (χ1) is 7.65. The van der Waals surface area contributed by atoms with Crippen LogP contribution in [0.4, 0.5) is 4.39 Å². The fourth-order valence-electron chi connectivity index (χ4n) is 1.17. The highest BCUT2D eigenvalue weighted by Gasteiger charge is 2.04. The molecule has 2 rings (SSSR count). The molecule has 0 spiro atoms. The molecule has 5 heteroatoms. The second-order valence-electron chi connectivity index (χ2n) is 3.07. The summed E-state index contributed by atoms with van der Waals surface area (Å²) in [6.07, 6.45) is 0. The third-order valence-corrected chi connectivity index (χ3v) is 4.14. The smallest absolute Gasteiger partial charge is 0.136 e. The number of rotatable bonds is 3. The Balaban J connectivity index is 2.07. The summed E-state index contributed by atoms with van der Waals surface area (Å²) in [5.74, 6) is 0.218. The Labute approximate surface area is 114 Å². The van der Waals surface area contributed by atoms with Gasteiger partial charge in [-0.1, -0.05) is 0 Å². The molecule has 0 aliphatic carbocycles. The molecule has 0 fully saturated rings. The molecule has 16 heavy (non-hydrogen) atoms. The third kappa shape index (κ3) is 3.06. The van der Waals surface area contributed by atoms with Crippen LogP contribution in [0.2, 0.25) is 0 Å². The predicted molar refractivity (Wildman–Crippen MR) is 70.5 cm³/mol. The molecule has 0 unspecified atom stereocenters. The molecule has 1 aromatic heterocycles. The highest BCUT2D eigenvalue weighted by molar-refractivity contribution is 9.11. The summed E-state index contributed by atoms with van der Waals surface area (Å²) in [7, 11) is 0. The van der Waals surface area contributed by atoms with Gasteiger partial charge in [0.1, 0.15) is 18.2 Å². The van der Waals surface area contributed by atoms with Crippen molar-refractivity contribution in [1.29, 1.82) is 0 Å². The monoisotopic (exact) mass is 364 g/mol. The highest BCUT2D eigenvalue weighted by atomic mass is 79.9. The Hall–Kier alpha value is -0.390. The van der Waals surface area contributed by atoms with Crippen LogP contribution < -0.4 is 4.74 Å². The average Bonchev–Trinajstić information content (AvgIpc) is 2.66. The molecular formula is C11H7Br2FOS. The Morgan fingerprint density at radius 2 is 2.00 bits per heavy atom. The van der Waals surface area contributed by atoms with E-state index in [2.05, 4.69) is 31.9 Å². The summed E-state index contributed by atoms with van der Waals surface area (Å²) in [6, 6.07) is 8.33. The Bertz CT molecular complexity index is 498. The van der Waals surface area contributed by atoms with Crippen LogP contribution in [0.1, 0.15) is 4.88 Å². The summed E-state index contributed by atoms with van der Waals surface area (Å²) in [4.78, 5) is 1.09. The first-order valence-corrected chi connectivity index (χ1v) is 6.87. The molecule has 1 nitrogen and oxygen atoms in total. The van der Waals surface area contributed by atoms with Gasteiger partial charge in [0.2, 0.25) is 0 Å². The van der Waals surface area contributed by atoms with Crippen molar-refractivity contribution in [2.45, 2.75) is 6.61 Å². The van der Waals surface area contributed by atoms with Crippen molar-refractivity contribution >= 4 is 43.2 Å². The third-order valence-electron chi connectivity index (χ3n) is 1.89. The molecule has 1 aromatic carbocycles. The maximum atomic E-state index is 13.0. The molecule has 0 saturated heterocycles. The van der Waals surface area contributed by atoms with E-state index in [1.54, 1.807) is 17.4 Å². The first kappa shape index (κ1) is 12.1. The van der Waals surface area contributed by atoms with E-state index in [1.807, 2.05) is 12.1 Å². The molecule has 1 heterocycles. The van der Waals surface area contributed by atoms with Gasteiger partial charge in [-0.2, -0.15) is 0 Å². The lowest BCUT2D eigenvalue weighted by Crippen LogP contribution is -1.94. The minimum absolute atomic E-state index is 0.300. The zero-order valence-electron chi connectivity index (χ0n) is 8.04. The van der Waals surface area contributed by atoms with Crippen LogP contribution in [-0.2, 0) is 6.61 Å². The minimum atomic E-state index is -0.300. The number of hydrogen-bond acceptors (Lipinski definition) is 2. The fourth-order valence-corrected chi connectivity index (χ4v) is 2.92. The van der Waals surface area contributed by atoms with Crippen molar-refractivity contribution in [1.82, 2.24) is 0 Å². The zero-order chi connectivity index (χ0) is 11.5. The number of ether oxygens (including phenoxy) is 1. The Morgan fingerprint density at radius 1 is 1.19 bits per heavy atom. The second-order valence-corrected chi connectivity index (χ2v) is 6.47. The van der Waals surface area contributed by atoms with Crippen LogP contribution in [0, 0.1) is 5.82 Å². The predicted octanol–water partition coefficient (Wildman–Crippen LogP) is 4.99. The zero-order valence-corrected chi connectivity index (χ0v) is 12.0. The van der Waals surface area contributed by atoms with Gasteiger partial charge in [0.15, 0.2) is 0 Å². The maximum absolute atomic E-state index is 13.0. The van der Waals surface area contributed by atoms with Gasteiger partial charge in [0.05, 0.1) is 8.26 Å². The molecule has 84 valence electrons. The number of halogens is 3. The molecule has 0 radical (unpaired) electrons. The van der Waals surface area contributed by atoms with Crippen LogP contribution in [0.3, 0.4) is 0 Å². The molecule has 2 aromatic rings. The van der Waals surface area contributed by atoms with Crippen molar-refractivity contribution in [3.05, 3.63) is 49.3 Å². The summed E-state index contributed by atoms with van der Waals surface area (Å²) in [5.41, 5.74) is 0. The van der Waals surface area contributed by atoms with Gasteiger partial charge in [-0.05, 0) is 56.1 Å². The fraction of sp³-hybridized carbons (Fsp3) is 0.0909. The van der Waals surface area contributed by atoms with E-state index in [0.29, 0.717) is 12.4 Å². The van der Waals surface area contributed by atoms with E-state index >= 15 is 0 Å². The number of hydrogen-bond donors (Lipinski definition) is 0. The quantitative estimate of drug-likeness (QED) is 0.744. The van der Waals surface area contributed by atoms with Gasteiger partial charge in [0.25, 0.3) is 0 Å². The van der Waals surface area contributed by atoms with E-state index < -0.39 is 0 Å². The van der Waals surface area contributed by atoms with Crippen LogP contribution in [-0.4, -0.2) is 0 Å². The molecule has 0 amide bonds. The Morgan fingerprint density at radius 3 is 2.69 bits per heavy atom. The van der Waals surface area contributed by atoms with E-state index in [4.69, 9.17) is 4.74 Å². The second kappa shape index (κ2) is 5.29. The van der Waals surface area contributed by atoms with Crippen LogP contribution in [0.15, 0.2) is 38.6 Å². The normalized spacial score (nSPS) is 10.4. The standard InChI is InChI=1S/C11H7Br2FOS/c12-9-3-1-7(14)5-10(9)15-6-8-2-4-11(13)16-8/h1-5H,6H2. The molecule has 0 atom stereocenters. The van der Waals surface area contributed by atoms with Crippen LogP contribution >= 0.6 is 43.2 Å². The molecule has 0 aliphatic rings. The van der Waals surface area contributed by atoms with E-state index in [-0.39, 0.29) is 5.82 Å². The SMILES string of the molecule is Fc1ccc(Br)c(OCc2ccc(Br)s2)c1. The minimum Gasteiger partial charge on any atom is -0.487 e. The van der Waals surface area contributed by atoms with Gasteiger partial charge in [0, 0.05) is 10.9 Å². The summed E-state index contributed by atoms with van der Waals surface area (Å²) >= 11 is 8.29. The topological polar surface area (TPSA) is 9.23 Å². The summed E-state index contributed by atoms with van der Waals surface area (Å²) < 4.78 is 20.3. The molecule has 0 bridgehead atoms. The van der Waals surface area contributed by atoms with Gasteiger partial charge in [-0.25, -0.2) is 4.39 Å². The molecule has 0 N–H and O–H groups in total. The maximum Gasteiger partial charge on any atom is 0.136 e. The number of thiophene rings is 1. The van der Waals surface area contributed by atoms with Crippen molar-refractivity contribution in [3.63, 3.8) is 0 Å². The largest absolute Gasteiger partial charge is 0.487 e. The Kier molecular flexibility index (Phi) is 4.00. The lowest BCUT2D eigenvalue weighted by Gasteiger charge is -2.06. The lowest BCUT2D eigenvalue weighted by atomic mass is 10.3. The number of benzene rings is 1. The van der Waals surface area contributed by atoms with Crippen LogP contribution in [0.5, 0.6) is 5.75 Å². The average molecular weight is 366 g/mol. The molecule has 0 aliphatic heterocycles. The van der Waals surface area contributed by atoms with Gasteiger partial charge < -0.3 is 4.74 Å². The van der Waals surface area contributed by atoms with Gasteiger partial charge in [-0.15, -0.1) is 11.3 Å². The van der Waals surface area contributed by atoms with Gasteiger partial charge >= 0.3 is 0 Å². The van der Waals surface area contributed by atoms with E-state index in [1.165, 1.54) is 12.1 Å².